The fraction of sp³-hybridized carbons (Fsp3) is 0.167. The Bertz CT molecular complexity index is 816. The van der Waals surface area contributed by atoms with Crippen LogP contribution in [0.4, 0.5) is 5.69 Å². The minimum absolute atomic E-state index is 0.0868. The maximum atomic E-state index is 12.9. The van der Waals surface area contributed by atoms with Gasteiger partial charge < -0.3 is 4.74 Å². The van der Waals surface area contributed by atoms with E-state index in [9.17, 15) is 13.2 Å². The van der Waals surface area contributed by atoms with E-state index in [2.05, 4.69) is 6.58 Å². The maximum absolute atomic E-state index is 12.9. The lowest BCUT2D eigenvalue weighted by atomic mass is 10.2. The van der Waals surface area contributed by atoms with Crippen LogP contribution < -0.4 is 4.31 Å². The SMILES string of the molecule is C=CCN(c1cccc(C(=O)OCC)c1)S(=O)(=O)c1ccccc1. The lowest BCUT2D eigenvalue weighted by molar-refractivity contribution is 0.0526. The highest BCUT2D eigenvalue weighted by atomic mass is 32.2. The van der Waals surface area contributed by atoms with Gasteiger partial charge >= 0.3 is 5.97 Å². The minimum Gasteiger partial charge on any atom is -0.462 e. The molecule has 6 heteroatoms. The molecule has 0 atom stereocenters. The van der Waals surface area contributed by atoms with Gasteiger partial charge in [-0.1, -0.05) is 30.3 Å². The van der Waals surface area contributed by atoms with E-state index in [4.69, 9.17) is 4.74 Å². The molecular formula is C18H19NO4S. The quantitative estimate of drug-likeness (QED) is 0.571. The zero-order chi connectivity index (χ0) is 17.6. The zero-order valence-electron chi connectivity index (χ0n) is 13.4. The van der Waals surface area contributed by atoms with Crippen molar-refractivity contribution < 1.29 is 17.9 Å². The van der Waals surface area contributed by atoms with Crippen molar-refractivity contribution in [1.29, 1.82) is 0 Å². The highest BCUT2D eigenvalue weighted by molar-refractivity contribution is 7.92. The lowest BCUT2D eigenvalue weighted by Gasteiger charge is -2.23. The number of sulfonamides is 1. The molecule has 0 bridgehead atoms. The Morgan fingerprint density at radius 1 is 1.17 bits per heavy atom. The van der Waals surface area contributed by atoms with Gasteiger partial charge in [0, 0.05) is 0 Å². The molecule has 0 unspecified atom stereocenters. The average molecular weight is 345 g/mol. The van der Waals surface area contributed by atoms with Gasteiger partial charge in [-0.05, 0) is 37.3 Å². The van der Waals surface area contributed by atoms with E-state index in [1.54, 1.807) is 43.3 Å². The van der Waals surface area contributed by atoms with Crippen LogP contribution in [-0.2, 0) is 14.8 Å². The number of esters is 1. The number of ether oxygens (including phenoxy) is 1. The van der Waals surface area contributed by atoms with Gasteiger partial charge in [-0.15, -0.1) is 6.58 Å². The number of anilines is 1. The zero-order valence-corrected chi connectivity index (χ0v) is 14.2. The Balaban J connectivity index is 2.47. The Kier molecular flexibility index (Phi) is 5.76. The summed E-state index contributed by atoms with van der Waals surface area (Å²) in [5.74, 6) is -0.491. The van der Waals surface area contributed by atoms with E-state index in [0.29, 0.717) is 11.3 Å². The fourth-order valence-electron chi connectivity index (χ4n) is 2.18. The van der Waals surface area contributed by atoms with Gasteiger partial charge in [0.15, 0.2) is 0 Å². The molecule has 126 valence electrons. The number of carbonyl (C=O) groups is 1. The van der Waals surface area contributed by atoms with Crippen molar-refractivity contribution in [3.63, 3.8) is 0 Å². The van der Waals surface area contributed by atoms with Crippen molar-refractivity contribution in [2.75, 3.05) is 17.5 Å². The van der Waals surface area contributed by atoms with Gasteiger partial charge in [-0.3, -0.25) is 4.31 Å². The largest absolute Gasteiger partial charge is 0.462 e. The molecule has 0 aromatic heterocycles. The normalized spacial score (nSPS) is 10.9. The molecule has 0 radical (unpaired) electrons. The molecule has 2 rings (SSSR count). The first kappa shape index (κ1) is 17.7. The van der Waals surface area contributed by atoms with Crippen LogP contribution in [0.5, 0.6) is 0 Å². The molecule has 0 amide bonds. The predicted octanol–water partition coefficient (Wildman–Crippen LogP) is 3.24. The standard InChI is InChI=1S/C18H19NO4S/c1-3-13-19(24(21,22)17-11-6-5-7-12-17)16-10-8-9-15(14-16)18(20)23-4-2/h3,5-12,14H,1,4,13H2,2H3. The number of nitrogens with zero attached hydrogens (tertiary/aromatic N) is 1. The second-order valence-corrected chi connectivity index (χ2v) is 6.77. The van der Waals surface area contributed by atoms with E-state index in [1.165, 1.54) is 28.6 Å². The van der Waals surface area contributed by atoms with Crippen molar-refractivity contribution >= 4 is 21.7 Å². The monoisotopic (exact) mass is 345 g/mol. The van der Waals surface area contributed by atoms with Crippen molar-refractivity contribution in [1.82, 2.24) is 0 Å². The first-order valence-electron chi connectivity index (χ1n) is 7.46. The Morgan fingerprint density at radius 3 is 2.50 bits per heavy atom. The second-order valence-electron chi connectivity index (χ2n) is 4.91. The molecule has 0 spiro atoms. The Hall–Kier alpha value is -2.60. The van der Waals surface area contributed by atoms with E-state index < -0.39 is 16.0 Å². The minimum atomic E-state index is -3.76. The molecular weight excluding hydrogens is 326 g/mol. The fourth-order valence-corrected chi connectivity index (χ4v) is 3.63. The molecule has 0 N–H and O–H groups in total. The summed E-state index contributed by atoms with van der Waals surface area (Å²) < 4.78 is 32.0. The van der Waals surface area contributed by atoms with Gasteiger partial charge in [0.2, 0.25) is 0 Å². The van der Waals surface area contributed by atoms with Gasteiger partial charge in [0.1, 0.15) is 0 Å². The van der Waals surface area contributed by atoms with Gasteiger partial charge in [0.05, 0.1) is 29.3 Å². The van der Waals surface area contributed by atoms with Gasteiger partial charge in [-0.2, -0.15) is 0 Å². The first-order valence-corrected chi connectivity index (χ1v) is 8.90. The predicted molar refractivity (Wildman–Crippen MR) is 93.6 cm³/mol. The highest BCUT2D eigenvalue weighted by Gasteiger charge is 2.24. The van der Waals surface area contributed by atoms with Gasteiger partial charge in [-0.25, -0.2) is 13.2 Å². The number of carbonyl (C=O) groups excluding carboxylic acids is 1. The lowest BCUT2D eigenvalue weighted by Crippen LogP contribution is -2.31. The summed E-state index contributed by atoms with van der Waals surface area (Å²) in [6.07, 6.45) is 1.50. The third-order valence-corrected chi connectivity index (χ3v) is 5.08. The first-order chi connectivity index (χ1) is 11.5. The van der Waals surface area contributed by atoms with Crippen molar-refractivity contribution in [3.05, 3.63) is 72.8 Å². The van der Waals surface area contributed by atoms with E-state index in [1.807, 2.05) is 0 Å². The van der Waals surface area contributed by atoms with Crippen LogP contribution in [0, 0.1) is 0 Å². The summed E-state index contributed by atoms with van der Waals surface area (Å²) in [5, 5.41) is 0. The second kappa shape index (κ2) is 7.79. The molecule has 0 heterocycles. The van der Waals surface area contributed by atoms with Crippen molar-refractivity contribution in [2.45, 2.75) is 11.8 Å². The molecule has 2 aromatic carbocycles. The summed E-state index contributed by atoms with van der Waals surface area (Å²) >= 11 is 0. The topological polar surface area (TPSA) is 63.7 Å². The molecule has 0 aliphatic carbocycles. The van der Waals surface area contributed by atoms with E-state index in [0.717, 1.165) is 0 Å². The summed E-state index contributed by atoms with van der Waals surface area (Å²) in [5.41, 5.74) is 0.677. The van der Waals surface area contributed by atoms with Crippen molar-refractivity contribution in [2.24, 2.45) is 0 Å². The number of benzene rings is 2. The number of rotatable bonds is 7. The highest BCUT2D eigenvalue weighted by Crippen LogP contribution is 2.24. The summed E-state index contributed by atoms with van der Waals surface area (Å²) in [6.45, 7) is 5.67. The van der Waals surface area contributed by atoms with Crippen LogP contribution in [-0.4, -0.2) is 27.5 Å². The molecule has 0 aliphatic heterocycles. The smallest absolute Gasteiger partial charge is 0.338 e. The van der Waals surface area contributed by atoms with Crippen LogP contribution in [0.1, 0.15) is 17.3 Å². The molecule has 0 fully saturated rings. The molecule has 0 saturated carbocycles. The summed E-state index contributed by atoms with van der Waals surface area (Å²) in [4.78, 5) is 12.1. The van der Waals surface area contributed by atoms with Crippen LogP contribution >= 0.6 is 0 Å². The van der Waals surface area contributed by atoms with E-state index in [-0.39, 0.29) is 18.0 Å². The third kappa shape index (κ3) is 3.83. The summed E-state index contributed by atoms with van der Waals surface area (Å²) in [6, 6.07) is 14.5. The molecule has 24 heavy (non-hydrogen) atoms. The van der Waals surface area contributed by atoms with Crippen LogP contribution in [0.25, 0.3) is 0 Å². The third-order valence-electron chi connectivity index (χ3n) is 3.27. The number of hydrogen-bond donors (Lipinski definition) is 0. The van der Waals surface area contributed by atoms with E-state index >= 15 is 0 Å². The van der Waals surface area contributed by atoms with Crippen LogP contribution in [0.2, 0.25) is 0 Å². The van der Waals surface area contributed by atoms with Crippen LogP contribution in [0.15, 0.2) is 72.1 Å². The Labute approximate surface area is 142 Å². The van der Waals surface area contributed by atoms with Crippen molar-refractivity contribution in [3.8, 4) is 0 Å². The van der Waals surface area contributed by atoms with Gasteiger partial charge in [0.25, 0.3) is 10.0 Å². The molecule has 5 nitrogen and oxygen atoms in total. The molecule has 2 aromatic rings. The number of hydrogen-bond acceptors (Lipinski definition) is 4. The summed E-state index contributed by atoms with van der Waals surface area (Å²) in [7, 11) is -3.76. The Morgan fingerprint density at radius 2 is 1.88 bits per heavy atom. The maximum Gasteiger partial charge on any atom is 0.338 e. The molecule has 0 saturated heterocycles. The average Bonchev–Trinajstić information content (AvgIpc) is 2.60. The molecule has 0 aliphatic rings. The van der Waals surface area contributed by atoms with Crippen LogP contribution in [0.3, 0.4) is 0 Å².